The predicted octanol–water partition coefficient (Wildman–Crippen LogP) is -1.30. The Labute approximate surface area is 121 Å². The minimum absolute atomic E-state index is 0. The van der Waals surface area contributed by atoms with Gasteiger partial charge in [0.1, 0.15) is 0 Å². The Kier molecular flexibility index (Phi) is 5.61. The molecule has 7 heteroatoms. The predicted molar refractivity (Wildman–Crippen MR) is 65.1 cm³/mol. The molecule has 0 unspecified atom stereocenters. The fourth-order valence-corrected chi connectivity index (χ4v) is 1.48. The maximum absolute atomic E-state index is 11.7. The molecule has 0 amide bonds. The normalized spacial score (nSPS) is 9.40. The van der Waals surface area contributed by atoms with E-state index in [2.05, 4.69) is 0 Å². The first kappa shape index (κ1) is 15.6. The second-order valence-corrected chi connectivity index (χ2v) is 3.76. The van der Waals surface area contributed by atoms with Crippen molar-refractivity contribution < 1.29 is 31.4 Å². The van der Waals surface area contributed by atoms with Crippen molar-refractivity contribution in [3.05, 3.63) is 70.5 Å². The van der Waals surface area contributed by atoms with Crippen LogP contribution < -0.4 is 17.0 Å². The van der Waals surface area contributed by atoms with Crippen LogP contribution in [0.3, 0.4) is 0 Å². The van der Waals surface area contributed by atoms with Crippen molar-refractivity contribution in [2.24, 2.45) is 0 Å². The van der Waals surface area contributed by atoms with Gasteiger partial charge in [-0.3, -0.25) is 10.1 Å². The standard InChI is InChI=1S/C13H11N2O4.ClH/c16-13(19-10-14-7-2-1-3-8-14)11-5-4-6-12(9-11)15(17)18;/h1-9H,10H2;1H/q+1;/p-1. The number of nitrogens with zero attached hydrogens (tertiary/aromatic N) is 2. The van der Waals surface area contributed by atoms with Crippen LogP contribution in [-0.4, -0.2) is 10.9 Å². The summed E-state index contributed by atoms with van der Waals surface area (Å²) in [6.45, 7) is 0.0579. The average molecular weight is 295 g/mol. The summed E-state index contributed by atoms with van der Waals surface area (Å²) in [4.78, 5) is 21.8. The van der Waals surface area contributed by atoms with E-state index in [1.165, 1.54) is 24.3 Å². The van der Waals surface area contributed by atoms with Crippen LogP contribution >= 0.6 is 0 Å². The number of nitro benzene ring substituents is 1. The molecule has 0 radical (unpaired) electrons. The zero-order chi connectivity index (χ0) is 13.7. The van der Waals surface area contributed by atoms with Crippen LogP contribution in [0.15, 0.2) is 54.9 Å². The summed E-state index contributed by atoms with van der Waals surface area (Å²) in [7, 11) is 0. The molecule has 0 atom stereocenters. The first-order chi connectivity index (χ1) is 9.16. The van der Waals surface area contributed by atoms with Gasteiger partial charge in [0.2, 0.25) is 0 Å². The van der Waals surface area contributed by atoms with Gasteiger partial charge in [0.25, 0.3) is 12.4 Å². The highest BCUT2D eigenvalue weighted by molar-refractivity contribution is 5.89. The lowest BCUT2D eigenvalue weighted by molar-refractivity contribution is -0.727. The molecule has 0 aliphatic rings. The summed E-state index contributed by atoms with van der Waals surface area (Å²) >= 11 is 0. The summed E-state index contributed by atoms with van der Waals surface area (Å²) in [5.74, 6) is -0.597. The molecule has 0 aliphatic heterocycles. The fourth-order valence-electron chi connectivity index (χ4n) is 1.48. The molecule has 0 aliphatic carbocycles. The molecule has 20 heavy (non-hydrogen) atoms. The summed E-state index contributed by atoms with van der Waals surface area (Å²) < 4.78 is 6.73. The van der Waals surface area contributed by atoms with Crippen molar-refractivity contribution >= 4 is 11.7 Å². The number of ether oxygens (including phenoxy) is 1. The van der Waals surface area contributed by atoms with Gasteiger partial charge in [-0.25, -0.2) is 4.79 Å². The zero-order valence-corrected chi connectivity index (χ0v) is 11.1. The smallest absolute Gasteiger partial charge is 0.343 e. The minimum atomic E-state index is -0.597. The average Bonchev–Trinajstić information content (AvgIpc) is 2.46. The van der Waals surface area contributed by atoms with E-state index in [1.54, 1.807) is 29.1 Å². The number of benzene rings is 1. The fraction of sp³-hybridized carbons (Fsp3) is 0.0769. The number of carbonyl (C=O) groups excluding carboxylic acids is 1. The van der Waals surface area contributed by atoms with Gasteiger partial charge >= 0.3 is 5.97 Å². The van der Waals surface area contributed by atoms with E-state index < -0.39 is 10.9 Å². The third-order valence-electron chi connectivity index (χ3n) is 2.41. The Bertz CT molecular complexity index is 604. The van der Waals surface area contributed by atoms with Crippen molar-refractivity contribution in [1.82, 2.24) is 0 Å². The molecule has 0 fully saturated rings. The largest absolute Gasteiger partial charge is 1.00 e. The number of halogens is 1. The number of non-ortho nitro benzene ring substituents is 1. The highest BCUT2D eigenvalue weighted by Gasteiger charge is 2.13. The van der Waals surface area contributed by atoms with Gasteiger partial charge in [-0.2, -0.15) is 4.57 Å². The van der Waals surface area contributed by atoms with E-state index in [-0.39, 0.29) is 30.4 Å². The van der Waals surface area contributed by atoms with Gasteiger partial charge in [-0.1, -0.05) is 12.1 Å². The van der Waals surface area contributed by atoms with Gasteiger partial charge in [0, 0.05) is 24.3 Å². The molecule has 6 nitrogen and oxygen atoms in total. The van der Waals surface area contributed by atoms with Gasteiger partial charge in [-0.05, 0) is 6.07 Å². The highest BCUT2D eigenvalue weighted by atomic mass is 35.5. The third kappa shape index (κ3) is 4.03. The van der Waals surface area contributed by atoms with Gasteiger partial charge in [-0.15, -0.1) is 0 Å². The van der Waals surface area contributed by atoms with Crippen LogP contribution in [0.2, 0.25) is 0 Å². The molecule has 0 spiro atoms. The van der Waals surface area contributed by atoms with E-state index in [1.807, 2.05) is 6.07 Å². The van der Waals surface area contributed by atoms with Crippen LogP contribution in [0.1, 0.15) is 10.4 Å². The lowest BCUT2D eigenvalue weighted by Gasteiger charge is -2.01. The van der Waals surface area contributed by atoms with Crippen molar-refractivity contribution in [2.45, 2.75) is 6.73 Å². The Balaban J connectivity index is 0.00000200. The summed E-state index contributed by atoms with van der Waals surface area (Å²) in [5.41, 5.74) is 0.0209. The van der Waals surface area contributed by atoms with E-state index in [0.29, 0.717) is 0 Å². The number of hydrogen-bond acceptors (Lipinski definition) is 4. The van der Waals surface area contributed by atoms with Crippen LogP contribution in [0.25, 0.3) is 0 Å². The van der Waals surface area contributed by atoms with E-state index >= 15 is 0 Å². The van der Waals surface area contributed by atoms with Gasteiger partial charge in [0.05, 0.1) is 10.5 Å². The Morgan fingerprint density at radius 3 is 2.55 bits per heavy atom. The SMILES string of the molecule is O=C(OC[n+]1ccccc1)c1cccc([N+](=O)[O-])c1.[Cl-]. The number of aromatic nitrogens is 1. The first-order valence-electron chi connectivity index (χ1n) is 5.52. The maximum atomic E-state index is 11.7. The number of pyridine rings is 1. The molecule has 2 rings (SSSR count). The molecular formula is C13H11ClN2O4. The number of carbonyl (C=O) groups is 1. The molecule has 1 aromatic heterocycles. The van der Waals surface area contributed by atoms with Crippen molar-refractivity contribution in [2.75, 3.05) is 0 Å². The second-order valence-electron chi connectivity index (χ2n) is 3.76. The van der Waals surface area contributed by atoms with Crippen LogP contribution in [0.5, 0.6) is 0 Å². The summed E-state index contributed by atoms with van der Waals surface area (Å²) in [5, 5.41) is 10.6. The lowest BCUT2D eigenvalue weighted by atomic mass is 10.2. The molecule has 104 valence electrons. The Hall–Kier alpha value is -2.47. The molecule has 0 bridgehead atoms. The van der Waals surface area contributed by atoms with Crippen molar-refractivity contribution in [3.8, 4) is 0 Å². The van der Waals surface area contributed by atoms with Crippen molar-refractivity contribution in [3.63, 3.8) is 0 Å². The molecular weight excluding hydrogens is 284 g/mol. The second kappa shape index (κ2) is 7.20. The third-order valence-corrected chi connectivity index (χ3v) is 2.41. The number of rotatable bonds is 4. The number of esters is 1. The Morgan fingerprint density at radius 1 is 1.20 bits per heavy atom. The number of hydrogen-bond donors (Lipinski definition) is 0. The van der Waals surface area contributed by atoms with E-state index in [4.69, 9.17) is 4.74 Å². The minimum Gasteiger partial charge on any atom is -1.00 e. The highest BCUT2D eigenvalue weighted by Crippen LogP contribution is 2.13. The van der Waals surface area contributed by atoms with Crippen molar-refractivity contribution in [1.29, 1.82) is 0 Å². The van der Waals surface area contributed by atoms with Crippen LogP contribution in [0, 0.1) is 10.1 Å². The van der Waals surface area contributed by atoms with Gasteiger partial charge < -0.3 is 17.1 Å². The molecule has 0 N–H and O–H groups in total. The molecule has 2 aromatic rings. The molecule has 1 heterocycles. The van der Waals surface area contributed by atoms with E-state index in [0.717, 1.165) is 0 Å². The van der Waals surface area contributed by atoms with Gasteiger partial charge in [0.15, 0.2) is 12.4 Å². The zero-order valence-electron chi connectivity index (χ0n) is 10.3. The number of nitro groups is 1. The summed E-state index contributed by atoms with van der Waals surface area (Å²) in [6.07, 6.45) is 3.50. The van der Waals surface area contributed by atoms with Crippen LogP contribution in [-0.2, 0) is 11.5 Å². The first-order valence-corrected chi connectivity index (χ1v) is 5.52. The molecule has 0 saturated heterocycles. The molecule has 1 aromatic carbocycles. The van der Waals surface area contributed by atoms with E-state index in [9.17, 15) is 14.9 Å². The monoisotopic (exact) mass is 294 g/mol. The molecule has 0 saturated carbocycles. The lowest BCUT2D eigenvalue weighted by Crippen LogP contribution is -3.00. The van der Waals surface area contributed by atoms with Crippen LogP contribution in [0.4, 0.5) is 5.69 Å². The quantitative estimate of drug-likeness (QED) is 0.304. The summed E-state index contributed by atoms with van der Waals surface area (Å²) in [6, 6.07) is 10.9. The Morgan fingerprint density at radius 2 is 1.90 bits per heavy atom. The maximum Gasteiger partial charge on any atom is 0.343 e. The topological polar surface area (TPSA) is 73.3 Å².